The number of hydrogen-bond donors (Lipinski definition) is 1. The average Bonchev–Trinajstić information content (AvgIpc) is 2.62. The lowest BCUT2D eigenvalue weighted by Crippen LogP contribution is -1.87. The third-order valence-electron chi connectivity index (χ3n) is 3.28. The number of halogens is 1. The van der Waals surface area contributed by atoms with Crippen molar-refractivity contribution in [1.82, 2.24) is 0 Å². The van der Waals surface area contributed by atoms with Crippen molar-refractivity contribution < 1.29 is 5.11 Å². The van der Waals surface area contributed by atoms with Crippen LogP contribution in [0.5, 0.6) is 5.75 Å². The molecule has 0 spiro atoms. The van der Waals surface area contributed by atoms with Gasteiger partial charge in [-0.25, -0.2) is 0 Å². The largest absolute Gasteiger partial charge is 0.508 e. The molecule has 0 aromatic heterocycles. The van der Waals surface area contributed by atoms with E-state index in [4.69, 9.17) is 0 Å². The van der Waals surface area contributed by atoms with Crippen molar-refractivity contribution in [2.45, 2.75) is 13.3 Å². The van der Waals surface area contributed by atoms with E-state index in [1.165, 1.54) is 27.8 Å². The first-order valence-electron chi connectivity index (χ1n) is 5.27. The minimum Gasteiger partial charge on any atom is -0.508 e. The first kappa shape index (κ1) is 9.91. The fourth-order valence-electron chi connectivity index (χ4n) is 2.39. The molecule has 80 valence electrons. The molecule has 0 fully saturated rings. The summed E-state index contributed by atoms with van der Waals surface area (Å²) in [6.07, 6.45) is 0.921. The molecule has 1 aliphatic rings. The number of phenols is 1. The summed E-state index contributed by atoms with van der Waals surface area (Å²) in [5.41, 5.74) is 6.44. The summed E-state index contributed by atoms with van der Waals surface area (Å²) in [6, 6.07) is 9.86. The van der Waals surface area contributed by atoms with Crippen molar-refractivity contribution in [3.63, 3.8) is 0 Å². The molecule has 0 bridgehead atoms. The zero-order chi connectivity index (χ0) is 11.3. The predicted octanol–water partition coefficient (Wildman–Crippen LogP) is 4.03. The second kappa shape index (κ2) is 3.36. The number of hydrogen-bond acceptors (Lipinski definition) is 1. The first-order valence-corrected chi connectivity index (χ1v) is 6.06. The van der Waals surface area contributed by atoms with Gasteiger partial charge in [0.1, 0.15) is 5.75 Å². The number of benzene rings is 2. The van der Waals surface area contributed by atoms with Crippen LogP contribution in [0.3, 0.4) is 0 Å². The topological polar surface area (TPSA) is 20.2 Å². The molecule has 0 saturated heterocycles. The highest BCUT2D eigenvalue weighted by atomic mass is 79.9. The molecule has 1 N–H and O–H groups in total. The van der Waals surface area contributed by atoms with Crippen LogP contribution < -0.4 is 0 Å². The Hall–Kier alpha value is -1.28. The van der Waals surface area contributed by atoms with Crippen molar-refractivity contribution in [3.8, 4) is 16.9 Å². The lowest BCUT2D eigenvalue weighted by atomic mass is 10.0. The van der Waals surface area contributed by atoms with Crippen LogP contribution >= 0.6 is 15.9 Å². The van der Waals surface area contributed by atoms with Crippen LogP contribution in [0.15, 0.2) is 34.8 Å². The van der Waals surface area contributed by atoms with E-state index >= 15 is 0 Å². The van der Waals surface area contributed by atoms with Gasteiger partial charge in [-0.05, 0) is 59.4 Å². The fraction of sp³-hybridized carbons (Fsp3) is 0.143. The van der Waals surface area contributed by atoms with Crippen molar-refractivity contribution in [2.75, 3.05) is 0 Å². The van der Waals surface area contributed by atoms with Crippen LogP contribution in [0.25, 0.3) is 11.1 Å². The van der Waals surface area contributed by atoms with Gasteiger partial charge < -0.3 is 5.11 Å². The minimum atomic E-state index is 0.350. The molecule has 0 saturated carbocycles. The number of fused-ring (bicyclic) bond motifs is 3. The van der Waals surface area contributed by atoms with E-state index in [9.17, 15) is 5.11 Å². The molecular formula is C14H11BrO. The Morgan fingerprint density at radius 3 is 2.69 bits per heavy atom. The van der Waals surface area contributed by atoms with Gasteiger partial charge in [0.2, 0.25) is 0 Å². The lowest BCUT2D eigenvalue weighted by Gasteiger charge is -2.05. The smallest absolute Gasteiger partial charge is 0.115 e. The fourth-order valence-corrected chi connectivity index (χ4v) is 2.76. The first-order chi connectivity index (χ1) is 7.66. The molecule has 3 rings (SSSR count). The molecule has 2 heteroatoms. The molecule has 0 heterocycles. The van der Waals surface area contributed by atoms with Gasteiger partial charge in [0.25, 0.3) is 0 Å². The van der Waals surface area contributed by atoms with E-state index in [-0.39, 0.29) is 0 Å². The van der Waals surface area contributed by atoms with Gasteiger partial charge in [-0.1, -0.05) is 28.1 Å². The Bertz CT molecular complexity index is 588. The van der Waals surface area contributed by atoms with Gasteiger partial charge in [0, 0.05) is 4.47 Å². The van der Waals surface area contributed by atoms with Gasteiger partial charge >= 0.3 is 0 Å². The monoisotopic (exact) mass is 274 g/mol. The van der Waals surface area contributed by atoms with Gasteiger partial charge in [-0.15, -0.1) is 0 Å². The van der Waals surface area contributed by atoms with E-state index in [1.807, 2.05) is 12.1 Å². The quantitative estimate of drug-likeness (QED) is 0.656. The van der Waals surface area contributed by atoms with Crippen LogP contribution in [0.4, 0.5) is 0 Å². The molecule has 0 radical (unpaired) electrons. The van der Waals surface area contributed by atoms with Gasteiger partial charge in [0.05, 0.1) is 0 Å². The second-order valence-electron chi connectivity index (χ2n) is 4.22. The van der Waals surface area contributed by atoms with E-state index < -0.39 is 0 Å². The molecule has 16 heavy (non-hydrogen) atoms. The van der Waals surface area contributed by atoms with E-state index in [2.05, 4.69) is 35.0 Å². The summed E-state index contributed by atoms with van der Waals surface area (Å²) in [6.45, 7) is 2.13. The van der Waals surface area contributed by atoms with Crippen molar-refractivity contribution in [1.29, 1.82) is 0 Å². The zero-order valence-corrected chi connectivity index (χ0v) is 10.5. The molecule has 0 amide bonds. The second-order valence-corrected chi connectivity index (χ2v) is 5.07. The summed E-state index contributed by atoms with van der Waals surface area (Å²) < 4.78 is 1.16. The average molecular weight is 275 g/mol. The normalized spacial score (nSPS) is 12.4. The molecule has 2 aromatic rings. The Morgan fingerprint density at radius 2 is 1.88 bits per heavy atom. The Balaban J connectivity index is 2.27. The van der Waals surface area contributed by atoms with Crippen LogP contribution in [0, 0.1) is 6.92 Å². The molecular weight excluding hydrogens is 264 g/mol. The summed E-state index contributed by atoms with van der Waals surface area (Å²) >= 11 is 3.56. The lowest BCUT2D eigenvalue weighted by molar-refractivity contribution is 0.475. The van der Waals surface area contributed by atoms with E-state index in [0.29, 0.717) is 5.75 Å². The van der Waals surface area contributed by atoms with Crippen LogP contribution in [0.2, 0.25) is 0 Å². The Morgan fingerprint density at radius 1 is 1.12 bits per heavy atom. The zero-order valence-electron chi connectivity index (χ0n) is 8.92. The molecule has 0 unspecified atom stereocenters. The molecule has 2 aromatic carbocycles. The predicted molar refractivity (Wildman–Crippen MR) is 68.8 cm³/mol. The summed E-state index contributed by atoms with van der Waals surface area (Å²) in [4.78, 5) is 0. The maximum atomic E-state index is 9.49. The van der Waals surface area contributed by atoms with Crippen molar-refractivity contribution >= 4 is 15.9 Å². The van der Waals surface area contributed by atoms with Gasteiger partial charge in [0.15, 0.2) is 0 Å². The highest BCUT2D eigenvalue weighted by Crippen LogP contribution is 2.41. The van der Waals surface area contributed by atoms with Gasteiger partial charge in [-0.3, -0.25) is 0 Å². The van der Waals surface area contributed by atoms with Crippen molar-refractivity contribution in [2.24, 2.45) is 0 Å². The summed E-state index contributed by atoms with van der Waals surface area (Å²) in [7, 11) is 0. The number of aromatic hydroxyl groups is 1. The maximum Gasteiger partial charge on any atom is 0.115 e. The van der Waals surface area contributed by atoms with E-state index in [0.717, 1.165) is 10.9 Å². The molecule has 0 atom stereocenters. The number of rotatable bonds is 0. The summed E-state index contributed by atoms with van der Waals surface area (Å²) in [5.74, 6) is 0.350. The summed E-state index contributed by atoms with van der Waals surface area (Å²) in [5, 5.41) is 9.49. The van der Waals surface area contributed by atoms with Gasteiger partial charge in [-0.2, -0.15) is 0 Å². The van der Waals surface area contributed by atoms with Crippen molar-refractivity contribution in [3.05, 3.63) is 51.5 Å². The third kappa shape index (κ3) is 1.30. The SMILES string of the molecule is Cc1c(Br)ccc2c1Cc1cc(O)ccc1-2. The Kier molecular flexibility index (Phi) is 2.08. The molecule has 0 aliphatic heterocycles. The minimum absolute atomic E-state index is 0.350. The van der Waals surface area contributed by atoms with Crippen LogP contribution in [-0.4, -0.2) is 5.11 Å². The standard InChI is InChI=1S/C14H11BrO/c1-8-13-7-9-6-10(16)2-3-11(9)12(13)4-5-14(8)15/h2-6,16H,7H2,1H3. The number of phenolic OH excluding ortho intramolecular Hbond substituents is 1. The highest BCUT2D eigenvalue weighted by Gasteiger charge is 2.20. The molecule has 1 aliphatic carbocycles. The van der Waals surface area contributed by atoms with Crippen LogP contribution in [-0.2, 0) is 6.42 Å². The Labute approximate surface area is 103 Å². The van der Waals surface area contributed by atoms with Crippen LogP contribution in [0.1, 0.15) is 16.7 Å². The maximum absolute atomic E-state index is 9.49. The highest BCUT2D eigenvalue weighted by molar-refractivity contribution is 9.10. The third-order valence-corrected chi connectivity index (χ3v) is 4.14. The van der Waals surface area contributed by atoms with E-state index in [1.54, 1.807) is 6.07 Å². The molecule has 1 nitrogen and oxygen atoms in total.